The van der Waals surface area contributed by atoms with E-state index in [1.54, 1.807) is 0 Å². The largest absolute Gasteiger partial charge is 0.492 e. The Bertz CT molecular complexity index is 522. The van der Waals surface area contributed by atoms with E-state index >= 15 is 0 Å². The van der Waals surface area contributed by atoms with E-state index in [2.05, 4.69) is 17.3 Å². The number of ether oxygens (including phenoxy) is 1. The van der Waals surface area contributed by atoms with Crippen LogP contribution in [0, 0.1) is 6.92 Å². The fraction of sp³-hybridized carbons (Fsp3) is 0.357. The van der Waals surface area contributed by atoms with Gasteiger partial charge in [-0.2, -0.15) is 5.10 Å². The Morgan fingerprint density at radius 2 is 2.05 bits per heavy atom. The Balaban J connectivity index is 1.67. The Morgan fingerprint density at radius 1 is 1.32 bits per heavy atom. The smallest absolute Gasteiger partial charge is 0.119 e. The molecule has 0 aliphatic heterocycles. The van der Waals surface area contributed by atoms with Crippen LogP contribution in [0.4, 0.5) is 0 Å². The molecular weight excluding hydrogens is 262 g/mol. The van der Waals surface area contributed by atoms with Gasteiger partial charge in [0.15, 0.2) is 0 Å². The van der Waals surface area contributed by atoms with Gasteiger partial charge in [-0.05, 0) is 31.2 Å². The lowest BCUT2D eigenvalue weighted by Crippen LogP contribution is -2.20. The van der Waals surface area contributed by atoms with Gasteiger partial charge >= 0.3 is 0 Å². The van der Waals surface area contributed by atoms with E-state index in [-0.39, 0.29) is 0 Å². The van der Waals surface area contributed by atoms with Gasteiger partial charge in [0.05, 0.1) is 6.20 Å². The Labute approximate surface area is 118 Å². The van der Waals surface area contributed by atoms with Crippen LogP contribution in [-0.2, 0) is 13.6 Å². The standard InChI is InChI=1S/C14H18ClN3O/c1-11-12(10-17-18(11)2)9-16-7-8-19-14-5-3-13(15)4-6-14/h3-6,10,16H,7-9H2,1-2H3. The van der Waals surface area contributed by atoms with Crippen LogP contribution in [0.3, 0.4) is 0 Å². The molecule has 0 bridgehead atoms. The van der Waals surface area contributed by atoms with E-state index < -0.39 is 0 Å². The van der Waals surface area contributed by atoms with Crippen LogP contribution in [0.15, 0.2) is 30.5 Å². The van der Waals surface area contributed by atoms with E-state index in [9.17, 15) is 0 Å². The maximum atomic E-state index is 5.80. The van der Waals surface area contributed by atoms with Gasteiger partial charge < -0.3 is 10.1 Å². The monoisotopic (exact) mass is 279 g/mol. The number of hydrogen-bond donors (Lipinski definition) is 1. The first kappa shape index (κ1) is 13.9. The lowest BCUT2D eigenvalue weighted by atomic mass is 10.2. The lowest BCUT2D eigenvalue weighted by molar-refractivity contribution is 0.313. The van der Waals surface area contributed by atoms with Gasteiger partial charge in [0.25, 0.3) is 0 Å². The van der Waals surface area contributed by atoms with Crippen molar-refractivity contribution in [1.29, 1.82) is 0 Å². The molecule has 0 aliphatic rings. The summed E-state index contributed by atoms with van der Waals surface area (Å²) < 4.78 is 7.47. The van der Waals surface area contributed by atoms with Crippen molar-refractivity contribution >= 4 is 11.6 Å². The van der Waals surface area contributed by atoms with Crippen molar-refractivity contribution in [3.8, 4) is 5.75 Å². The molecule has 1 heterocycles. The molecule has 0 saturated heterocycles. The highest BCUT2D eigenvalue weighted by molar-refractivity contribution is 6.30. The van der Waals surface area contributed by atoms with Crippen LogP contribution < -0.4 is 10.1 Å². The molecule has 0 saturated carbocycles. The summed E-state index contributed by atoms with van der Waals surface area (Å²) in [7, 11) is 1.95. The fourth-order valence-corrected chi connectivity index (χ4v) is 1.84. The van der Waals surface area contributed by atoms with E-state index in [0.717, 1.165) is 23.9 Å². The molecule has 1 aromatic heterocycles. The van der Waals surface area contributed by atoms with Gasteiger partial charge in [-0.3, -0.25) is 4.68 Å². The third kappa shape index (κ3) is 3.98. The first-order valence-electron chi connectivity index (χ1n) is 6.23. The molecule has 0 amide bonds. The predicted molar refractivity (Wildman–Crippen MR) is 76.6 cm³/mol. The van der Waals surface area contributed by atoms with Crippen LogP contribution >= 0.6 is 11.6 Å². The van der Waals surface area contributed by atoms with Crippen LogP contribution in [0.5, 0.6) is 5.75 Å². The molecule has 4 nitrogen and oxygen atoms in total. The first-order chi connectivity index (χ1) is 9.16. The molecule has 0 spiro atoms. The Morgan fingerprint density at radius 3 is 2.68 bits per heavy atom. The van der Waals surface area contributed by atoms with Crippen molar-refractivity contribution in [1.82, 2.24) is 15.1 Å². The lowest BCUT2D eigenvalue weighted by Gasteiger charge is -2.07. The highest BCUT2D eigenvalue weighted by Crippen LogP contribution is 2.15. The molecule has 1 N–H and O–H groups in total. The molecule has 1 aromatic carbocycles. The summed E-state index contributed by atoms with van der Waals surface area (Å²) in [6.07, 6.45) is 1.89. The molecule has 0 atom stereocenters. The van der Waals surface area contributed by atoms with E-state index in [1.165, 1.54) is 11.3 Å². The average molecular weight is 280 g/mol. The Hall–Kier alpha value is -1.52. The van der Waals surface area contributed by atoms with Crippen LogP contribution in [-0.4, -0.2) is 22.9 Å². The number of nitrogens with one attached hydrogen (secondary N) is 1. The van der Waals surface area contributed by atoms with E-state index in [1.807, 2.05) is 42.2 Å². The quantitative estimate of drug-likeness (QED) is 0.826. The number of benzene rings is 1. The highest BCUT2D eigenvalue weighted by Gasteiger charge is 2.02. The van der Waals surface area contributed by atoms with Gasteiger partial charge in [-0.25, -0.2) is 0 Å². The van der Waals surface area contributed by atoms with Crippen molar-refractivity contribution in [2.75, 3.05) is 13.2 Å². The second-order valence-corrected chi connectivity index (χ2v) is 4.79. The molecule has 0 aliphatic carbocycles. The molecule has 102 valence electrons. The molecule has 2 aromatic rings. The molecule has 19 heavy (non-hydrogen) atoms. The molecular formula is C14H18ClN3O. The summed E-state index contributed by atoms with van der Waals surface area (Å²) >= 11 is 5.80. The maximum absolute atomic E-state index is 5.80. The number of rotatable bonds is 6. The highest BCUT2D eigenvalue weighted by atomic mass is 35.5. The van der Waals surface area contributed by atoms with Crippen molar-refractivity contribution < 1.29 is 4.74 Å². The summed E-state index contributed by atoms with van der Waals surface area (Å²) in [5.74, 6) is 0.837. The second kappa shape index (κ2) is 6.59. The minimum absolute atomic E-state index is 0.626. The minimum Gasteiger partial charge on any atom is -0.492 e. The third-order valence-electron chi connectivity index (χ3n) is 3.01. The molecule has 0 fully saturated rings. The summed E-state index contributed by atoms with van der Waals surface area (Å²) in [6, 6.07) is 7.38. The SMILES string of the molecule is Cc1c(CNCCOc2ccc(Cl)cc2)cnn1C. The van der Waals surface area contributed by atoms with Gasteiger partial charge in [0.2, 0.25) is 0 Å². The molecule has 2 rings (SSSR count). The number of halogens is 1. The summed E-state index contributed by atoms with van der Waals surface area (Å²) in [5.41, 5.74) is 2.40. The van der Waals surface area contributed by atoms with Crippen molar-refractivity contribution in [3.63, 3.8) is 0 Å². The first-order valence-corrected chi connectivity index (χ1v) is 6.61. The Kier molecular flexibility index (Phi) is 4.82. The average Bonchev–Trinajstić information content (AvgIpc) is 2.72. The van der Waals surface area contributed by atoms with Crippen LogP contribution in [0.1, 0.15) is 11.3 Å². The zero-order valence-electron chi connectivity index (χ0n) is 11.2. The van der Waals surface area contributed by atoms with Gasteiger partial charge in [-0.15, -0.1) is 0 Å². The molecule has 0 unspecified atom stereocenters. The number of hydrogen-bond acceptors (Lipinski definition) is 3. The predicted octanol–water partition coefficient (Wildman–Crippen LogP) is 2.55. The van der Waals surface area contributed by atoms with Crippen molar-refractivity contribution in [2.24, 2.45) is 7.05 Å². The van der Waals surface area contributed by atoms with Crippen molar-refractivity contribution in [2.45, 2.75) is 13.5 Å². The zero-order valence-corrected chi connectivity index (χ0v) is 11.9. The summed E-state index contributed by atoms with van der Waals surface area (Å²) in [4.78, 5) is 0. The maximum Gasteiger partial charge on any atom is 0.119 e. The topological polar surface area (TPSA) is 39.1 Å². The number of aromatic nitrogens is 2. The molecule has 0 radical (unpaired) electrons. The van der Waals surface area contributed by atoms with E-state index in [0.29, 0.717) is 6.61 Å². The fourth-order valence-electron chi connectivity index (χ4n) is 1.71. The third-order valence-corrected chi connectivity index (χ3v) is 3.27. The summed E-state index contributed by atoms with van der Waals surface area (Å²) in [5, 5.41) is 8.26. The van der Waals surface area contributed by atoms with Gasteiger partial charge in [0, 0.05) is 36.4 Å². The van der Waals surface area contributed by atoms with Gasteiger partial charge in [0.1, 0.15) is 12.4 Å². The van der Waals surface area contributed by atoms with Crippen LogP contribution in [0.2, 0.25) is 5.02 Å². The van der Waals surface area contributed by atoms with Crippen LogP contribution in [0.25, 0.3) is 0 Å². The second-order valence-electron chi connectivity index (χ2n) is 4.36. The summed E-state index contributed by atoms with van der Waals surface area (Å²) in [6.45, 7) is 4.29. The minimum atomic E-state index is 0.626. The zero-order chi connectivity index (χ0) is 13.7. The van der Waals surface area contributed by atoms with Crippen molar-refractivity contribution in [3.05, 3.63) is 46.7 Å². The molecule has 5 heteroatoms. The van der Waals surface area contributed by atoms with Gasteiger partial charge in [-0.1, -0.05) is 11.6 Å². The van der Waals surface area contributed by atoms with E-state index in [4.69, 9.17) is 16.3 Å². The number of aryl methyl sites for hydroxylation is 1. The number of nitrogens with zero attached hydrogens (tertiary/aromatic N) is 2. The normalized spacial score (nSPS) is 10.7.